The standard InChI is InChI=1S/C20H27FN2O5Si/c1-20(2,3)29(4,5)27-12-13-11-26-18(22-13)16-7-6-14(8-17(16)21)23-9-15(10-24)28-19(23)25/h6-8,11,15,24H,9-10,12H2,1-5H3/t15-/m1/s1. The average Bonchev–Trinajstić information content (AvgIpc) is 3.25. The molecule has 0 saturated carbocycles. The van der Waals surface area contributed by atoms with Crippen LogP contribution in [0.25, 0.3) is 11.5 Å². The number of nitrogens with zero attached hydrogens (tertiary/aromatic N) is 2. The van der Waals surface area contributed by atoms with Crippen molar-refractivity contribution >= 4 is 20.1 Å². The molecule has 29 heavy (non-hydrogen) atoms. The summed E-state index contributed by atoms with van der Waals surface area (Å²) in [6.45, 7) is 11.0. The number of oxazole rings is 1. The lowest BCUT2D eigenvalue weighted by Gasteiger charge is -2.35. The van der Waals surface area contributed by atoms with E-state index in [1.54, 1.807) is 6.07 Å². The van der Waals surface area contributed by atoms with Crippen molar-refractivity contribution in [2.75, 3.05) is 18.1 Å². The number of carbonyl (C=O) groups is 1. The van der Waals surface area contributed by atoms with Gasteiger partial charge in [0.15, 0.2) is 8.32 Å². The number of cyclic esters (lactones) is 1. The average molecular weight is 423 g/mol. The molecule has 1 aliphatic rings. The van der Waals surface area contributed by atoms with Crippen LogP contribution < -0.4 is 4.90 Å². The van der Waals surface area contributed by atoms with E-state index < -0.39 is 26.3 Å². The Morgan fingerprint density at radius 2 is 2.10 bits per heavy atom. The van der Waals surface area contributed by atoms with Gasteiger partial charge in [0.25, 0.3) is 0 Å². The Morgan fingerprint density at radius 3 is 2.69 bits per heavy atom. The van der Waals surface area contributed by atoms with Crippen molar-refractivity contribution in [2.24, 2.45) is 0 Å². The zero-order valence-corrected chi connectivity index (χ0v) is 18.4. The Hall–Kier alpha value is -2.23. The first-order valence-electron chi connectivity index (χ1n) is 9.49. The van der Waals surface area contributed by atoms with Crippen molar-refractivity contribution in [3.8, 4) is 11.5 Å². The van der Waals surface area contributed by atoms with Crippen LogP contribution in [-0.2, 0) is 15.8 Å². The molecule has 0 aliphatic carbocycles. The molecule has 1 N–H and O–H groups in total. The minimum Gasteiger partial charge on any atom is -0.444 e. The number of aromatic nitrogens is 1. The quantitative estimate of drug-likeness (QED) is 0.698. The van der Waals surface area contributed by atoms with Crippen LogP contribution in [0.5, 0.6) is 0 Å². The zero-order chi connectivity index (χ0) is 21.4. The molecule has 0 unspecified atom stereocenters. The summed E-state index contributed by atoms with van der Waals surface area (Å²) in [4.78, 5) is 17.5. The van der Waals surface area contributed by atoms with Gasteiger partial charge in [-0.25, -0.2) is 14.2 Å². The van der Waals surface area contributed by atoms with Crippen LogP contribution in [-0.4, -0.2) is 43.8 Å². The fraction of sp³-hybridized carbons (Fsp3) is 0.500. The van der Waals surface area contributed by atoms with Gasteiger partial charge in [-0.05, 0) is 36.3 Å². The second kappa shape index (κ2) is 7.89. The number of rotatable bonds is 6. The molecule has 1 aromatic carbocycles. The van der Waals surface area contributed by atoms with E-state index in [0.717, 1.165) is 0 Å². The van der Waals surface area contributed by atoms with Crippen molar-refractivity contribution in [3.05, 3.63) is 36.0 Å². The lowest BCUT2D eigenvalue weighted by molar-refractivity contribution is 0.0963. The maximum Gasteiger partial charge on any atom is 0.414 e. The zero-order valence-electron chi connectivity index (χ0n) is 17.4. The first-order valence-corrected chi connectivity index (χ1v) is 12.4. The topological polar surface area (TPSA) is 85.0 Å². The van der Waals surface area contributed by atoms with E-state index in [1.165, 1.54) is 23.3 Å². The van der Waals surface area contributed by atoms with Crippen molar-refractivity contribution < 1.29 is 27.9 Å². The van der Waals surface area contributed by atoms with Gasteiger partial charge in [0, 0.05) is 0 Å². The molecule has 1 fully saturated rings. The highest BCUT2D eigenvalue weighted by Crippen LogP contribution is 2.37. The number of ether oxygens (including phenoxy) is 1. The van der Waals surface area contributed by atoms with Gasteiger partial charge < -0.3 is 18.7 Å². The third kappa shape index (κ3) is 4.52. The van der Waals surface area contributed by atoms with Gasteiger partial charge in [-0.2, -0.15) is 0 Å². The molecule has 2 aromatic rings. The van der Waals surface area contributed by atoms with Crippen molar-refractivity contribution in [3.63, 3.8) is 0 Å². The maximum atomic E-state index is 14.7. The molecular formula is C20H27FN2O5Si. The van der Waals surface area contributed by atoms with E-state index >= 15 is 0 Å². The lowest BCUT2D eigenvalue weighted by Crippen LogP contribution is -2.40. The van der Waals surface area contributed by atoms with Gasteiger partial charge in [-0.1, -0.05) is 20.8 Å². The molecule has 3 rings (SSSR count). The maximum absolute atomic E-state index is 14.7. The van der Waals surface area contributed by atoms with E-state index in [2.05, 4.69) is 38.8 Å². The highest BCUT2D eigenvalue weighted by molar-refractivity contribution is 6.74. The molecule has 0 spiro atoms. The third-order valence-corrected chi connectivity index (χ3v) is 9.99. The molecule has 2 heterocycles. The molecule has 1 aliphatic heterocycles. The second-order valence-corrected chi connectivity index (χ2v) is 13.5. The molecule has 0 radical (unpaired) electrons. The predicted octanol–water partition coefficient (Wildman–Crippen LogP) is 4.32. The largest absolute Gasteiger partial charge is 0.444 e. The number of benzene rings is 1. The molecule has 1 atom stereocenters. The number of amides is 1. The van der Waals surface area contributed by atoms with Crippen LogP contribution >= 0.6 is 0 Å². The minimum absolute atomic E-state index is 0.0766. The van der Waals surface area contributed by atoms with Crippen LogP contribution in [0.15, 0.2) is 28.9 Å². The molecule has 9 heteroatoms. The summed E-state index contributed by atoms with van der Waals surface area (Å²) in [5, 5.41) is 9.21. The second-order valence-electron chi connectivity index (χ2n) is 8.66. The highest BCUT2D eigenvalue weighted by Gasteiger charge is 2.37. The van der Waals surface area contributed by atoms with Crippen LogP contribution in [0, 0.1) is 5.82 Å². The SMILES string of the molecule is CC(C)(C)[Si](C)(C)OCc1coc(-c2ccc(N3C[C@H](CO)OC3=O)cc2F)n1. The Labute approximate surface area is 170 Å². The lowest BCUT2D eigenvalue weighted by atomic mass is 10.1. The summed E-state index contributed by atoms with van der Waals surface area (Å²) >= 11 is 0. The van der Waals surface area contributed by atoms with E-state index in [4.69, 9.17) is 18.7 Å². The van der Waals surface area contributed by atoms with Crippen molar-refractivity contribution in [2.45, 2.75) is 51.6 Å². The number of hydrogen-bond donors (Lipinski definition) is 1. The summed E-state index contributed by atoms with van der Waals surface area (Å²) in [5.74, 6) is -0.415. The molecule has 158 valence electrons. The fourth-order valence-electron chi connectivity index (χ4n) is 2.64. The van der Waals surface area contributed by atoms with E-state index in [-0.39, 0.29) is 29.6 Å². The number of carbonyl (C=O) groups excluding carboxylic acids is 1. The smallest absolute Gasteiger partial charge is 0.414 e. The first-order chi connectivity index (χ1) is 13.5. The van der Waals surface area contributed by atoms with Crippen LogP contribution in [0.2, 0.25) is 18.1 Å². The number of aliphatic hydroxyl groups is 1. The normalized spacial score (nSPS) is 17.7. The minimum atomic E-state index is -1.93. The van der Waals surface area contributed by atoms with Gasteiger partial charge in [0.05, 0.1) is 31.0 Å². The van der Waals surface area contributed by atoms with Crippen LogP contribution in [0.1, 0.15) is 26.5 Å². The summed E-state index contributed by atoms with van der Waals surface area (Å²) in [6, 6.07) is 4.33. The van der Waals surface area contributed by atoms with Gasteiger partial charge in [0.2, 0.25) is 5.89 Å². The summed E-state index contributed by atoms with van der Waals surface area (Å²) in [6.07, 6.45) is 0.247. The van der Waals surface area contributed by atoms with E-state index in [0.29, 0.717) is 18.0 Å². The van der Waals surface area contributed by atoms with Gasteiger partial charge in [-0.3, -0.25) is 4.90 Å². The van der Waals surface area contributed by atoms with Crippen molar-refractivity contribution in [1.82, 2.24) is 4.98 Å². The van der Waals surface area contributed by atoms with E-state index in [9.17, 15) is 9.18 Å². The number of hydrogen-bond acceptors (Lipinski definition) is 6. The monoisotopic (exact) mass is 422 g/mol. The predicted molar refractivity (Wildman–Crippen MR) is 109 cm³/mol. The molecule has 1 saturated heterocycles. The Kier molecular flexibility index (Phi) is 5.84. The molecule has 0 bridgehead atoms. The fourth-order valence-corrected chi connectivity index (χ4v) is 3.58. The summed E-state index contributed by atoms with van der Waals surface area (Å²) in [7, 11) is -1.93. The van der Waals surface area contributed by atoms with Gasteiger partial charge in [0.1, 0.15) is 23.9 Å². The number of aliphatic hydroxyl groups excluding tert-OH is 1. The number of anilines is 1. The highest BCUT2D eigenvalue weighted by atomic mass is 28.4. The Bertz CT molecular complexity index is 893. The van der Waals surface area contributed by atoms with E-state index in [1.807, 2.05) is 0 Å². The number of halogens is 1. The van der Waals surface area contributed by atoms with Crippen LogP contribution in [0.4, 0.5) is 14.9 Å². The Balaban J connectivity index is 1.73. The van der Waals surface area contributed by atoms with Crippen LogP contribution in [0.3, 0.4) is 0 Å². The first kappa shape index (κ1) is 21.5. The molecule has 7 nitrogen and oxygen atoms in total. The summed E-state index contributed by atoms with van der Waals surface area (Å²) < 4.78 is 31.2. The van der Waals surface area contributed by atoms with Gasteiger partial charge >= 0.3 is 6.09 Å². The van der Waals surface area contributed by atoms with Gasteiger partial charge in [-0.15, -0.1) is 0 Å². The summed E-state index contributed by atoms with van der Waals surface area (Å²) in [5.41, 5.74) is 1.14. The molecule has 1 aromatic heterocycles. The third-order valence-electron chi connectivity index (χ3n) is 5.51. The van der Waals surface area contributed by atoms with Crippen molar-refractivity contribution in [1.29, 1.82) is 0 Å². The molecular weight excluding hydrogens is 395 g/mol. The molecule has 1 amide bonds. The Morgan fingerprint density at radius 1 is 1.38 bits per heavy atom.